The van der Waals surface area contributed by atoms with E-state index in [0.717, 1.165) is 54.3 Å². The average molecular weight is 435 g/mol. The molecule has 0 radical (unpaired) electrons. The number of nitrogens with one attached hydrogen (secondary N) is 2. The third kappa shape index (κ3) is 5.10. The van der Waals surface area contributed by atoms with Crippen molar-refractivity contribution in [2.75, 3.05) is 44.0 Å². The molecule has 0 unspecified atom stereocenters. The fraction of sp³-hybridized carbons (Fsp3) is 0.360. The second-order valence-corrected chi connectivity index (χ2v) is 8.36. The number of piperidine rings is 1. The van der Waals surface area contributed by atoms with Crippen molar-refractivity contribution >= 4 is 28.4 Å². The van der Waals surface area contributed by atoms with Crippen LogP contribution in [0.2, 0.25) is 0 Å². The summed E-state index contributed by atoms with van der Waals surface area (Å²) < 4.78 is 13.5. The summed E-state index contributed by atoms with van der Waals surface area (Å²) in [6.45, 7) is 2.43. The van der Waals surface area contributed by atoms with Crippen LogP contribution in [-0.2, 0) is 6.54 Å². The summed E-state index contributed by atoms with van der Waals surface area (Å²) in [6.07, 6.45) is 1.94. The maximum atomic E-state index is 13.5. The summed E-state index contributed by atoms with van der Waals surface area (Å²) in [6, 6.07) is 17.5. The van der Waals surface area contributed by atoms with E-state index in [0.29, 0.717) is 12.6 Å². The molecule has 0 spiro atoms. The van der Waals surface area contributed by atoms with Gasteiger partial charge in [-0.3, -0.25) is 4.99 Å². The van der Waals surface area contributed by atoms with Gasteiger partial charge >= 0.3 is 0 Å². The van der Waals surface area contributed by atoms with E-state index in [2.05, 4.69) is 32.7 Å². The van der Waals surface area contributed by atoms with Crippen LogP contribution in [0.15, 0.2) is 59.6 Å². The third-order valence-electron chi connectivity index (χ3n) is 5.93. The van der Waals surface area contributed by atoms with Crippen molar-refractivity contribution in [1.29, 1.82) is 0 Å². The Bertz CT molecular complexity index is 1090. The number of para-hydroxylation sites is 1. The van der Waals surface area contributed by atoms with E-state index >= 15 is 0 Å². The predicted molar refractivity (Wildman–Crippen MR) is 131 cm³/mol. The third-order valence-corrected chi connectivity index (χ3v) is 5.93. The first-order valence-electron chi connectivity index (χ1n) is 11.1. The molecule has 2 aromatic carbocycles. The highest BCUT2D eigenvalue weighted by atomic mass is 19.1. The minimum absolute atomic E-state index is 0.187. The van der Waals surface area contributed by atoms with Crippen LogP contribution in [0.3, 0.4) is 0 Å². The number of benzene rings is 2. The molecule has 2 N–H and O–H groups in total. The summed E-state index contributed by atoms with van der Waals surface area (Å²) in [5.41, 5.74) is 3.12. The van der Waals surface area contributed by atoms with Crippen LogP contribution in [0.4, 0.5) is 15.9 Å². The number of hydrogen-bond acceptors (Lipinski definition) is 4. The van der Waals surface area contributed by atoms with Gasteiger partial charge in [0.05, 0.1) is 5.52 Å². The monoisotopic (exact) mass is 434 g/mol. The molecule has 7 heteroatoms. The van der Waals surface area contributed by atoms with Crippen molar-refractivity contribution in [2.24, 2.45) is 4.99 Å². The Morgan fingerprint density at radius 1 is 1.12 bits per heavy atom. The van der Waals surface area contributed by atoms with Crippen LogP contribution in [0.1, 0.15) is 18.4 Å². The second kappa shape index (κ2) is 9.85. The molecule has 0 atom stereocenters. The predicted octanol–water partition coefficient (Wildman–Crippen LogP) is 3.77. The lowest BCUT2D eigenvalue weighted by Gasteiger charge is -2.34. The summed E-state index contributed by atoms with van der Waals surface area (Å²) in [5.74, 6) is 1.54. The molecule has 6 nitrogen and oxygen atoms in total. The minimum Gasteiger partial charge on any atom is -0.371 e. The van der Waals surface area contributed by atoms with Gasteiger partial charge in [0.25, 0.3) is 0 Å². The summed E-state index contributed by atoms with van der Waals surface area (Å²) in [5, 5.41) is 8.17. The van der Waals surface area contributed by atoms with E-state index in [-0.39, 0.29) is 5.82 Å². The lowest BCUT2D eigenvalue weighted by molar-refractivity contribution is 0.461. The molecule has 1 aliphatic rings. The molecule has 2 heterocycles. The van der Waals surface area contributed by atoms with Crippen molar-refractivity contribution in [3.05, 3.63) is 66.0 Å². The topological polar surface area (TPSA) is 55.8 Å². The lowest BCUT2D eigenvalue weighted by Crippen LogP contribution is -2.48. The fourth-order valence-electron chi connectivity index (χ4n) is 4.13. The van der Waals surface area contributed by atoms with Gasteiger partial charge < -0.3 is 20.4 Å². The summed E-state index contributed by atoms with van der Waals surface area (Å²) in [7, 11) is 5.81. The van der Waals surface area contributed by atoms with Crippen LogP contribution < -0.4 is 20.4 Å². The zero-order valence-electron chi connectivity index (χ0n) is 19.0. The Morgan fingerprint density at radius 3 is 2.62 bits per heavy atom. The number of aliphatic imine (C=N–C) groups is 1. The van der Waals surface area contributed by atoms with Gasteiger partial charge in [-0.1, -0.05) is 24.3 Å². The standard InChI is InChI=1S/C25H31FN6/c1-27-25(29-20-11-13-32(14-12-20)21-8-6-7-19(26)16-21)28-17-18-15-24(31(2)3)30-23-10-5-4-9-22(18)23/h4-10,15-16,20H,11-14,17H2,1-3H3,(H2,27,28,29). The van der Waals surface area contributed by atoms with Crippen LogP contribution in [-0.4, -0.2) is 51.2 Å². The Labute approximate surface area is 189 Å². The zero-order chi connectivity index (χ0) is 22.5. The molecule has 168 valence electrons. The van der Waals surface area contributed by atoms with Gasteiger partial charge in [0, 0.05) is 57.9 Å². The van der Waals surface area contributed by atoms with Crippen LogP contribution >= 0.6 is 0 Å². The molecule has 0 aliphatic carbocycles. The van der Waals surface area contributed by atoms with Gasteiger partial charge in [-0.2, -0.15) is 0 Å². The first-order valence-corrected chi connectivity index (χ1v) is 11.1. The SMILES string of the molecule is CN=C(NCc1cc(N(C)C)nc2ccccc12)NC1CCN(c2cccc(F)c2)CC1. The Morgan fingerprint density at radius 2 is 1.91 bits per heavy atom. The lowest BCUT2D eigenvalue weighted by atomic mass is 10.0. The van der Waals surface area contributed by atoms with Crippen LogP contribution in [0.5, 0.6) is 0 Å². The Balaban J connectivity index is 1.37. The van der Waals surface area contributed by atoms with Gasteiger partial charge in [0.1, 0.15) is 11.6 Å². The molecule has 0 amide bonds. The highest BCUT2D eigenvalue weighted by molar-refractivity contribution is 5.85. The van der Waals surface area contributed by atoms with Crippen LogP contribution in [0.25, 0.3) is 10.9 Å². The molecule has 1 fully saturated rings. The van der Waals surface area contributed by atoms with Crippen molar-refractivity contribution in [3.8, 4) is 0 Å². The Hall–Kier alpha value is -3.35. The first kappa shape index (κ1) is 21.9. The van der Waals surface area contributed by atoms with Crippen molar-refractivity contribution in [2.45, 2.75) is 25.4 Å². The highest BCUT2D eigenvalue weighted by Gasteiger charge is 2.20. The van der Waals surface area contributed by atoms with Gasteiger partial charge in [-0.25, -0.2) is 9.37 Å². The first-order chi connectivity index (χ1) is 15.5. The zero-order valence-corrected chi connectivity index (χ0v) is 19.0. The maximum Gasteiger partial charge on any atom is 0.191 e. The van der Waals surface area contributed by atoms with Crippen molar-refractivity contribution < 1.29 is 4.39 Å². The number of hydrogen-bond donors (Lipinski definition) is 2. The molecule has 4 rings (SSSR count). The van der Waals surface area contributed by atoms with E-state index in [4.69, 9.17) is 4.98 Å². The highest BCUT2D eigenvalue weighted by Crippen LogP contribution is 2.23. The van der Waals surface area contributed by atoms with Crippen molar-refractivity contribution in [3.63, 3.8) is 0 Å². The second-order valence-electron chi connectivity index (χ2n) is 8.36. The molecule has 1 saturated heterocycles. The number of fused-ring (bicyclic) bond motifs is 1. The number of pyridine rings is 1. The largest absolute Gasteiger partial charge is 0.371 e. The fourth-order valence-corrected chi connectivity index (χ4v) is 4.13. The van der Waals surface area contributed by atoms with Gasteiger partial charge in [0.2, 0.25) is 0 Å². The summed E-state index contributed by atoms with van der Waals surface area (Å²) in [4.78, 5) is 13.4. The number of nitrogens with zero attached hydrogens (tertiary/aromatic N) is 4. The van der Waals surface area contributed by atoms with E-state index in [9.17, 15) is 4.39 Å². The summed E-state index contributed by atoms with van der Waals surface area (Å²) >= 11 is 0. The number of anilines is 2. The van der Waals surface area contributed by atoms with Gasteiger partial charge in [0.15, 0.2) is 5.96 Å². The Kier molecular flexibility index (Phi) is 6.73. The molecule has 1 aliphatic heterocycles. The minimum atomic E-state index is -0.187. The van der Waals surface area contributed by atoms with Crippen molar-refractivity contribution in [1.82, 2.24) is 15.6 Å². The molecule has 0 saturated carbocycles. The van der Waals surface area contributed by atoms with Gasteiger partial charge in [-0.05, 0) is 48.7 Å². The molecule has 3 aromatic rings. The van der Waals surface area contributed by atoms with Gasteiger partial charge in [-0.15, -0.1) is 0 Å². The molecule has 0 bridgehead atoms. The van der Waals surface area contributed by atoms with E-state index in [1.54, 1.807) is 19.2 Å². The van der Waals surface area contributed by atoms with E-state index in [1.807, 2.05) is 43.3 Å². The average Bonchev–Trinajstić information content (AvgIpc) is 2.81. The number of halogens is 1. The number of aromatic nitrogens is 1. The maximum absolute atomic E-state index is 13.5. The molecular formula is C25H31FN6. The molecular weight excluding hydrogens is 403 g/mol. The van der Waals surface area contributed by atoms with E-state index < -0.39 is 0 Å². The van der Waals surface area contributed by atoms with E-state index in [1.165, 1.54) is 11.6 Å². The number of guanidine groups is 1. The van der Waals surface area contributed by atoms with Crippen LogP contribution in [0, 0.1) is 5.82 Å². The number of rotatable bonds is 5. The quantitative estimate of drug-likeness (QED) is 0.473. The molecule has 1 aromatic heterocycles. The molecule has 32 heavy (non-hydrogen) atoms. The normalized spacial score (nSPS) is 15.1. The smallest absolute Gasteiger partial charge is 0.191 e.